The van der Waals surface area contributed by atoms with Crippen molar-refractivity contribution < 1.29 is 9.53 Å². The van der Waals surface area contributed by atoms with Crippen LogP contribution >= 0.6 is 0 Å². The number of esters is 1. The van der Waals surface area contributed by atoms with Crippen molar-refractivity contribution in [3.63, 3.8) is 0 Å². The first kappa shape index (κ1) is 21.2. The Kier molecular flexibility index (Phi) is 7.61. The molecular formula is C24H33NO2. The third-order valence-corrected chi connectivity index (χ3v) is 5.45. The van der Waals surface area contributed by atoms with E-state index in [0.29, 0.717) is 18.5 Å². The van der Waals surface area contributed by atoms with Crippen LogP contribution in [0.3, 0.4) is 0 Å². The number of hydrogen-bond acceptors (Lipinski definition) is 3. The van der Waals surface area contributed by atoms with Gasteiger partial charge in [0.2, 0.25) is 0 Å². The van der Waals surface area contributed by atoms with E-state index in [4.69, 9.17) is 4.74 Å². The van der Waals surface area contributed by atoms with Crippen LogP contribution < -0.4 is 0 Å². The highest BCUT2D eigenvalue weighted by atomic mass is 16.5. The quantitative estimate of drug-likeness (QED) is 0.581. The maximum absolute atomic E-state index is 12.5. The molecule has 0 bridgehead atoms. The number of ether oxygens (including phenoxy) is 1. The number of carbonyl (C=O) groups is 1. The van der Waals surface area contributed by atoms with Crippen molar-refractivity contribution in [3.8, 4) is 0 Å². The summed E-state index contributed by atoms with van der Waals surface area (Å²) < 4.78 is 5.10. The van der Waals surface area contributed by atoms with Gasteiger partial charge in [0.05, 0.1) is 13.5 Å². The highest BCUT2D eigenvalue weighted by Gasteiger charge is 2.37. The summed E-state index contributed by atoms with van der Waals surface area (Å²) in [5.41, 5.74) is 1.92. The molecule has 0 radical (unpaired) electrons. The summed E-state index contributed by atoms with van der Waals surface area (Å²) in [6, 6.07) is 21.7. The first-order valence-corrected chi connectivity index (χ1v) is 9.84. The Morgan fingerprint density at radius 1 is 0.889 bits per heavy atom. The van der Waals surface area contributed by atoms with Crippen LogP contribution in [0, 0.1) is 0 Å². The molecule has 2 aromatic carbocycles. The van der Waals surface area contributed by atoms with Gasteiger partial charge >= 0.3 is 5.97 Å². The Morgan fingerprint density at radius 2 is 1.33 bits per heavy atom. The average molecular weight is 368 g/mol. The van der Waals surface area contributed by atoms with Gasteiger partial charge in [-0.15, -0.1) is 0 Å². The minimum Gasteiger partial charge on any atom is -0.469 e. The molecule has 3 nitrogen and oxygen atoms in total. The molecule has 0 fully saturated rings. The topological polar surface area (TPSA) is 29.5 Å². The van der Waals surface area contributed by atoms with Crippen molar-refractivity contribution in [2.75, 3.05) is 13.7 Å². The van der Waals surface area contributed by atoms with Gasteiger partial charge in [-0.25, -0.2) is 0 Å². The maximum Gasteiger partial charge on any atom is 0.306 e. The predicted molar refractivity (Wildman–Crippen MR) is 112 cm³/mol. The minimum absolute atomic E-state index is 0.177. The molecular weight excluding hydrogens is 334 g/mol. The largest absolute Gasteiger partial charge is 0.469 e. The molecule has 0 aliphatic rings. The fourth-order valence-corrected chi connectivity index (χ4v) is 4.01. The van der Waals surface area contributed by atoms with Crippen LogP contribution in [0.25, 0.3) is 0 Å². The lowest BCUT2D eigenvalue weighted by molar-refractivity contribution is -0.141. The van der Waals surface area contributed by atoms with Gasteiger partial charge < -0.3 is 4.74 Å². The highest BCUT2D eigenvalue weighted by molar-refractivity contribution is 5.72. The maximum atomic E-state index is 12.5. The summed E-state index contributed by atoms with van der Waals surface area (Å²) in [5.74, 6) is -0.177. The molecule has 0 heterocycles. The molecule has 2 aromatic rings. The third-order valence-electron chi connectivity index (χ3n) is 5.45. The second-order valence-electron chi connectivity index (χ2n) is 7.74. The molecule has 0 aliphatic heterocycles. The SMILES string of the molecule is COC(=O)CC(CCN(C(C)C)C(C)C)(c1ccccc1)c1ccccc1. The standard InChI is InChI=1S/C24H33NO2/c1-19(2)25(20(3)4)17-16-24(18-23(26)27-5,21-12-8-6-9-13-21)22-14-10-7-11-15-22/h6-15,19-20H,16-18H2,1-5H3. The second kappa shape index (κ2) is 9.70. The monoisotopic (exact) mass is 367 g/mol. The number of hydrogen-bond donors (Lipinski definition) is 0. The lowest BCUT2D eigenvalue weighted by Crippen LogP contribution is -2.42. The Morgan fingerprint density at radius 3 is 1.70 bits per heavy atom. The smallest absolute Gasteiger partial charge is 0.306 e. The first-order chi connectivity index (χ1) is 12.9. The zero-order chi connectivity index (χ0) is 19.9. The van der Waals surface area contributed by atoms with Gasteiger partial charge in [0.1, 0.15) is 0 Å². The zero-order valence-electron chi connectivity index (χ0n) is 17.3. The number of carbonyl (C=O) groups excluding carboxylic acids is 1. The van der Waals surface area contributed by atoms with E-state index in [1.54, 1.807) is 0 Å². The fraction of sp³-hybridized carbons (Fsp3) is 0.458. The van der Waals surface area contributed by atoms with E-state index in [-0.39, 0.29) is 5.97 Å². The predicted octanol–water partition coefficient (Wildman–Crippen LogP) is 5.04. The summed E-state index contributed by atoms with van der Waals surface area (Å²) in [4.78, 5) is 14.9. The molecule has 27 heavy (non-hydrogen) atoms. The van der Waals surface area contributed by atoms with Gasteiger partial charge in [-0.2, -0.15) is 0 Å². The molecule has 0 spiro atoms. The Labute approximate surface area is 164 Å². The van der Waals surface area contributed by atoms with Crippen molar-refractivity contribution in [2.45, 2.75) is 58.0 Å². The van der Waals surface area contributed by atoms with Crippen molar-refractivity contribution in [3.05, 3.63) is 71.8 Å². The van der Waals surface area contributed by atoms with E-state index in [0.717, 1.165) is 24.1 Å². The van der Waals surface area contributed by atoms with Crippen LogP contribution in [-0.2, 0) is 14.9 Å². The lowest BCUT2D eigenvalue weighted by atomic mass is 9.69. The second-order valence-corrected chi connectivity index (χ2v) is 7.74. The van der Waals surface area contributed by atoms with Crippen LogP contribution in [-0.4, -0.2) is 36.6 Å². The number of benzene rings is 2. The molecule has 0 saturated carbocycles. The summed E-state index contributed by atoms with van der Waals surface area (Å²) in [6.07, 6.45) is 1.19. The van der Waals surface area contributed by atoms with Crippen molar-refractivity contribution in [1.82, 2.24) is 4.90 Å². The van der Waals surface area contributed by atoms with Gasteiger partial charge in [-0.1, -0.05) is 60.7 Å². The van der Waals surface area contributed by atoms with Crippen LogP contribution in [0.15, 0.2) is 60.7 Å². The van der Waals surface area contributed by atoms with Gasteiger partial charge in [0.15, 0.2) is 0 Å². The summed E-state index contributed by atoms with van der Waals surface area (Å²) in [6.45, 7) is 9.83. The number of rotatable bonds is 9. The average Bonchev–Trinajstić information content (AvgIpc) is 2.67. The fourth-order valence-electron chi connectivity index (χ4n) is 4.01. The van der Waals surface area contributed by atoms with Crippen molar-refractivity contribution >= 4 is 5.97 Å². The van der Waals surface area contributed by atoms with Gasteiger partial charge in [-0.3, -0.25) is 9.69 Å². The summed E-state index contributed by atoms with van der Waals surface area (Å²) in [5, 5.41) is 0. The molecule has 0 N–H and O–H groups in total. The molecule has 0 aliphatic carbocycles. The van der Waals surface area contributed by atoms with Crippen molar-refractivity contribution in [1.29, 1.82) is 0 Å². The molecule has 146 valence electrons. The molecule has 0 aromatic heterocycles. The zero-order valence-corrected chi connectivity index (χ0v) is 17.3. The van der Waals surface area contributed by atoms with Crippen LogP contribution in [0.2, 0.25) is 0 Å². The highest BCUT2D eigenvalue weighted by Crippen LogP contribution is 2.39. The molecule has 2 rings (SSSR count). The van der Waals surface area contributed by atoms with E-state index >= 15 is 0 Å². The molecule has 3 heteroatoms. The van der Waals surface area contributed by atoms with Gasteiger partial charge in [0, 0.05) is 17.5 Å². The summed E-state index contributed by atoms with van der Waals surface area (Å²) >= 11 is 0. The molecule has 0 atom stereocenters. The van der Waals surface area contributed by atoms with Gasteiger partial charge in [0.25, 0.3) is 0 Å². The Bertz CT molecular complexity index is 647. The molecule has 0 saturated heterocycles. The normalized spacial score (nSPS) is 12.0. The van der Waals surface area contributed by atoms with E-state index in [2.05, 4.69) is 56.9 Å². The van der Waals surface area contributed by atoms with Crippen LogP contribution in [0.5, 0.6) is 0 Å². The third kappa shape index (κ3) is 5.20. The van der Waals surface area contributed by atoms with Gasteiger partial charge in [-0.05, 0) is 51.8 Å². The molecule has 0 unspecified atom stereocenters. The van der Waals surface area contributed by atoms with E-state index in [1.807, 2.05) is 36.4 Å². The van der Waals surface area contributed by atoms with E-state index in [1.165, 1.54) is 7.11 Å². The first-order valence-electron chi connectivity index (χ1n) is 9.84. The number of nitrogens with zero attached hydrogens (tertiary/aromatic N) is 1. The molecule has 0 amide bonds. The Balaban J connectivity index is 2.52. The lowest BCUT2D eigenvalue weighted by Gasteiger charge is -2.38. The van der Waals surface area contributed by atoms with E-state index < -0.39 is 5.41 Å². The van der Waals surface area contributed by atoms with Crippen LogP contribution in [0.1, 0.15) is 51.7 Å². The summed E-state index contributed by atoms with van der Waals surface area (Å²) in [7, 11) is 1.47. The van der Waals surface area contributed by atoms with Crippen molar-refractivity contribution in [2.24, 2.45) is 0 Å². The Hall–Kier alpha value is -2.13. The minimum atomic E-state index is -0.405. The number of methoxy groups -OCH3 is 1. The van der Waals surface area contributed by atoms with Crippen LogP contribution in [0.4, 0.5) is 0 Å². The van der Waals surface area contributed by atoms with E-state index in [9.17, 15) is 4.79 Å².